The van der Waals surface area contributed by atoms with Crippen LogP contribution in [0.15, 0.2) is 33.8 Å². The van der Waals surface area contributed by atoms with E-state index in [2.05, 4.69) is 20.9 Å². The largest absolute Gasteiger partial charge is 0.321 e. The van der Waals surface area contributed by atoms with E-state index in [1.807, 2.05) is 7.05 Å². The highest BCUT2D eigenvalue weighted by atomic mass is 79.9. The molecule has 2 aromatic rings. The molecule has 2 rings (SSSR count). The van der Waals surface area contributed by atoms with Gasteiger partial charge in [-0.3, -0.25) is 4.79 Å². The topological polar surface area (TPSA) is 39.8 Å². The second kappa shape index (κ2) is 4.43. The average Bonchev–Trinajstić information content (AvgIpc) is 2.57. The van der Waals surface area contributed by atoms with Crippen LogP contribution < -0.4 is 5.56 Å². The highest BCUT2D eigenvalue weighted by Gasteiger charge is 2.07. The molecule has 0 aliphatic heterocycles. The summed E-state index contributed by atoms with van der Waals surface area (Å²) in [6, 6.07) is 3.51. The van der Waals surface area contributed by atoms with Crippen LogP contribution in [0.5, 0.6) is 0 Å². The van der Waals surface area contributed by atoms with Gasteiger partial charge in [0.05, 0.1) is 17.2 Å². The van der Waals surface area contributed by atoms with Crippen molar-refractivity contribution in [1.29, 1.82) is 0 Å². The fourth-order valence-electron chi connectivity index (χ4n) is 1.36. The fourth-order valence-corrected chi connectivity index (χ4v) is 1.88. The molecule has 0 aromatic carbocycles. The summed E-state index contributed by atoms with van der Waals surface area (Å²) in [5.41, 5.74) is -0.0818. The van der Waals surface area contributed by atoms with Crippen LogP contribution in [0.25, 0.3) is 0 Å². The van der Waals surface area contributed by atoms with E-state index < -0.39 is 0 Å². The van der Waals surface area contributed by atoms with Gasteiger partial charge in [0.1, 0.15) is 11.0 Å². The molecule has 0 atom stereocenters. The van der Waals surface area contributed by atoms with E-state index in [-0.39, 0.29) is 5.56 Å². The van der Waals surface area contributed by atoms with Crippen LogP contribution in [-0.2, 0) is 13.6 Å². The molecule has 2 aromatic heterocycles. The Bertz CT molecular complexity index is 576. The second-order valence-corrected chi connectivity index (χ2v) is 4.59. The van der Waals surface area contributed by atoms with E-state index in [1.165, 1.54) is 0 Å². The normalized spacial score (nSPS) is 10.7. The molecule has 0 aliphatic carbocycles. The molecular formula is C10H9BrClN3O. The number of imidazole rings is 1. The predicted octanol–water partition coefficient (Wildman–Crippen LogP) is 2.05. The van der Waals surface area contributed by atoms with Crippen molar-refractivity contribution in [2.75, 3.05) is 0 Å². The van der Waals surface area contributed by atoms with E-state index in [4.69, 9.17) is 11.6 Å². The number of nitrogens with zero attached hydrogens (tertiary/aromatic N) is 3. The summed E-state index contributed by atoms with van der Waals surface area (Å²) < 4.78 is 3.85. The van der Waals surface area contributed by atoms with Gasteiger partial charge in [0.2, 0.25) is 0 Å². The molecule has 0 fully saturated rings. The maximum atomic E-state index is 11.7. The zero-order valence-corrected chi connectivity index (χ0v) is 10.9. The third kappa shape index (κ3) is 2.05. The Balaban J connectivity index is 2.38. The molecule has 0 aliphatic rings. The molecule has 0 N–H and O–H groups in total. The first-order valence-corrected chi connectivity index (χ1v) is 5.77. The second-order valence-electron chi connectivity index (χ2n) is 3.35. The minimum Gasteiger partial charge on any atom is -0.321 e. The molecule has 16 heavy (non-hydrogen) atoms. The number of halogens is 2. The highest BCUT2D eigenvalue weighted by Crippen LogP contribution is 2.10. The molecule has 0 radical (unpaired) electrons. The summed E-state index contributed by atoms with van der Waals surface area (Å²) in [4.78, 5) is 15.9. The molecule has 2 heterocycles. The maximum Gasteiger partial charge on any atom is 0.265 e. The SMILES string of the molecule is Cn1c(Cl)cnc1Cn1cccc(Br)c1=O. The molecule has 6 heteroatoms. The van der Waals surface area contributed by atoms with Crippen molar-refractivity contribution in [2.45, 2.75) is 6.54 Å². The minimum atomic E-state index is -0.0818. The van der Waals surface area contributed by atoms with Crippen LogP contribution in [0.1, 0.15) is 5.82 Å². The molecule has 0 amide bonds. The third-order valence-electron chi connectivity index (χ3n) is 2.31. The van der Waals surface area contributed by atoms with Gasteiger partial charge in [0, 0.05) is 13.2 Å². The monoisotopic (exact) mass is 301 g/mol. The van der Waals surface area contributed by atoms with Crippen LogP contribution in [0.4, 0.5) is 0 Å². The lowest BCUT2D eigenvalue weighted by molar-refractivity contribution is 0.676. The van der Waals surface area contributed by atoms with Crippen molar-refractivity contribution in [3.8, 4) is 0 Å². The third-order valence-corrected chi connectivity index (χ3v) is 3.27. The first kappa shape index (κ1) is 11.4. The zero-order valence-electron chi connectivity index (χ0n) is 8.52. The van der Waals surface area contributed by atoms with Crippen molar-refractivity contribution in [3.63, 3.8) is 0 Å². The van der Waals surface area contributed by atoms with Gasteiger partial charge >= 0.3 is 0 Å². The molecule has 0 unspecified atom stereocenters. The predicted molar refractivity (Wildman–Crippen MR) is 65.7 cm³/mol. The van der Waals surface area contributed by atoms with Gasteiger partial charge in [-0.2, -0.15) is 0 Å². The van der Waals surface area contributed by atoms with Crippen LogP contribution in [-0.4, -0.2) is 14.1 Å². The van der Waals surface area contributed by atoms with E-state index >= 15 is 0 Å². The Morgan fingerprint density at radius 3 is 2.94 bits per heavy atom. The van der Waals surface area contributed by atoms with Crippen LogP contribution >= 0.6 is 27.5 Å². The summed E-state index contributed by atoms with van der Waals surface area (Å²) in [5.74, 6) is 0.741. The van der Waals surface area contributed by atoms with Gasteiger partial charge in [-0.05, 0) is 28.1 Å². The molecule has 0 spiro atoms. The van der Waals surface area contributed by atoms with Gasteiger partial charge < -0.3 is 9.13 Å². The first-order valence-electron chi connectivity index (χ1n) is 4.60. The van der Waals surface area contributed by atoms with E-state index in [9.17, 15) is 4.79 Å². The van der Waals surface area contributed by atoms with Crippen molar-refractivity contribution in [3.05, 3.63) is 50.3 Å². The number of pyridine rings is 1. The average molecular weight is 303 g/mol. The van der Waals surface area contributed by atoms with E-state index in [0.717, 1.165) is 5.82 Å². The molecule has 0 bridgehead atoms. The van der Waals surface area contributed by atoms with Crippen molar-refractivity contribution >= 4 is 27.5 Å². The highest BCUT2D eigenvalue weighted by molar-refractivity contribution is 9.10. The van der Waals surface area contributed by atoms with E-state index in [0.29, 0.717) is 16.2 Å². The summed E-state index contributed by atoms with van der Waals surface area (Å²) in [5, 5.41) is 0.554. The van der Waals surface area contributed by atoms with E-state index in [1.54, 1.807) is 33.7 Å². The Morgan fingerprint density at radius 1 is 1.56 bits per heavy atom. The smallest absolute Gasteiger partial charge is 0.265 e. The lowest BCUT2D eigenvalue weighted by Gasteiger charge is -2.06. The number of rotatable bonds is 2. The zero-order chi connectivity index (χ0) is 11.7. The summed E-state index contributed by atoms with van der Waals surface area (Å²) in [6.07, 6.45) is 3.29. The summed E-state index contributed by atoms with van der Waals surface area (Å²) in [6.45, 7) is 0.404. The van der Waals surface area contributed by atoms with Gasteiger partial charge in [0.15, 0.2) is 0 Å². The number of hydrogen-bond acceptors (Lipinski definition) is 2. The summed E-state index contributed by atoms with van der Waals surface area (Å²) in [7, 11) is 1.81. The van der Waals surface area contributed by atoms with Crippen molar-refractivity contribution in [1.82, 2.24) is 14.1 Å². The Hall–Kier alpha value is -1.07. The van der Waals surface area contributed by atoms with Gasteiger partial charge in [-0.15, -0.1) is 0 Å². The molecule has 4 nitrogen and oxygen atoms in total. The van der Waals surface area contributed by atoms with Crippen molar-refractivity contribution < 1.29 is 0 Å². The van der Waals surface area contributed by atoms with Crippen molar-refractivity contribution in [2.24, 2.45) is 7.05 Å². The molecule has 0 saturated carbocycles. The Labute approximate surface area is 106 Å². The summed E-state index contributed by atoms with van der Waals surface area (Å²) >= 11 is 9.07. The number of hydrogen-bond donors (Lipinski definition) is 0. The quantitative estimate of drug-likeness (QED) is 0.852. The Morgan fingerprint density at radius 2 is 2.31 bits per heavy atom. The van der Waals surface area contributed by atoms with Gasteiger partial charge in [-0.1, -0.05) is 11.6 Å². The van der Waals surface area contributed by atoms with Crippen LogP contribution in [0, 0.1) is 0 Å². The molecule has 84 valence electrons. The lowest BCUT2D eigenvalue weighted by Crippen LogP contribution is -2.21. The lowest BCUT2D eigenvalue weighted by atomic mass is 10.4. The fraction of sp³-hybridized carbons (Fsp3) is 0.200. The van der Waals surface area contributed by atoms with Crippen LogP contribution in [0.3, 0.4) is 0 Å². The van der Waals surface area contributed by atoms with Gasteiger partial charge in [0.25, 0.3) is 5.56 Å². The number of aromatic nitrogens is 3. The first-order chi connectivity index (χ1) is 7.59. The van der Waals surface area contributed by atoms with Gasteiger partial charge in [-0.25, -0.2) is 4.98 Å². The Kier molecular flexibility index (Phi) is 3.16. The standard InChI is InChI=1S/C10H9BrClN3O/c1-14-8(12)5-13-9(14)6-15-4-2-3-7(11)10(15)16/h2-5H,6H2,1H3. The van der Waals surface area contributed by atoms with Crippen LogP contribution in [0.2, 0.25) is 5.15 Å². The molecule has 0 saturated heterocycles. The minimum absolute atomic E-state index is 0.0818. The molecular weight excluding hydrogens is 293 g/mol. The maximum absolute atomic E-state index is 11.7.